The van der Waals surface area contributed by atoms with Gasteiger partial charge in [-0.2, -0.15) is 0 Å². The summed E-state index contributed by atoms with van der Waals surface area (Å²) in [4.78, 5) is 24.6. The number of nitrogens with zero attached hydrogens (tertiary/aromatic N) is 1. The van der Waals surface area contributed by atoms with Crippen LogP contribution in [0, 0.1) is 13.8 Å². The van der Waals surface area contributed by atoms with Crippen LogP contribution in [0.2, 0.25) is 0 Å². The van der Waals surface area contributed by atoms with Gasteiger partial charge in [0.05, 0.1) is 19.8 Å². The number of hydrogen-bond donors (Lipinski definition) is 0. The third-order valence-electron chi connectivity index (χ3n) is 4.15. The van der Waals surface area contributed by atoms with E-state index in [1.807, 2.05) is 25.3 Å². The average molecular weight is 345 g/mol. The van der Waals surface area contributed by atoms with Crippen molar-refractivity contribution in [2.75, 3.05) is 20.8 Å². The normalized spacial score (nSPS) is 10.4. The molecule has 0 bridgehead atoms. The first kappa shape index (κ1) is 18.6. The van der Waals surface area contributed by atoms with Crippen molar-refractivity contribution < 1.29 is 23.8 Å². The number of carbonyl (C=O) groups excluding carboxylic acids is 2. The minimum absolute atomic E-state index is 0.307. The second kappa shape index (κ2) is 7.88. The summed E-state index contributed by atoms with van der Waals surface area (Å²) in [6.07, 6.45) is 0. The number of ketones is 1. The highest BCUT2D eigenvalue weighted by Crippen LogP contribution is 2.27. The Balaban J connectivity index is 2.08. The van der Waals surface area contributed by atoms with Crippen LogP contribution in [-0.2, 0) is 11.3 Å². The Labute approximate surface area is 147 Å². The maximum absolute atomic E-state index is 12.3. The molecule has 0 saturated carbocycles. The van der Waals surface area contributed by atoms with Gasteiger partial charge in [0.15, 0.2) is 23.9 Å². The minimum atomic E-state index is -0.498. The first-order chi connectivity index (χ1) is 11.9. The maximum Gasteiger partial charge on any atom is 0.340 e. The molecule has 6 nitrogen and oxygen atoms in total. The Hall–Kier alpha value is -2.76. The van der Waals surface area contributed by atoms with Crippen LogP contribution in [0.3, 0.4) is 0 Å². The molecule has 0 aliphatic carbocycles. The topological polar surface area (TPSA) is 66.8 Å². The van der Waals surface area contributed by atoms with Crippen molar-refractivity contribution >= 4 is 11.8 Å². The van der Waals surface area contributed by atoms with Gasteiger partial charge in [-0.1, -0.05) is 0 Å². The molecule has 25 heavy (non-hydrogen) atoms. The molecule has 0 amide bonds. The summed E-state index contributed by atoms with van der Waals surface area (Å²) in [6.45, 7) is 6.25. The fourth-order valence-corrected chi connectivity index (χ4v) is 2.80. The van der Waals surface area contributed by atoms with Gasteiger partial charge in [-0.3, -0.25) is 4.79 Å². The van der Waals surface area contributed by atoms with Crippen molar-refractivity contribution in [2.24, 2.45) is 0 Å². The molecule has 0 aliphatic heterocycles. The average Bonchev–Trinajstić information content (AvgIpc) is 2.92. The van der Waals surface area contributed by atoms with Crippen LogP contribution in [-0.4, -0.2) is 37.1 Å². The first-order valence-corrected chi connectivity index (χ1v) is 8.02. The Morgan fingerprint density at radius 2 is 1.72 bits per heavy atom. The van der Waals surface area contributed by atoms with Gasteiger partial charge in [0.2, 0.25) is 0 Å². The summed E-state index contributed by atoms with van der Waals surface area (Å²) in [6, 6.07) is 6.60. The molecule has 0 unspecified atom stereocenters. The van der Waals surface area contributed by atoms with Gasteiger partial charge in [0.25, 0.3) is 0 Å². The molecule has 0 N–H and O–H groups in total. The number of hydrogen-bond acceptors (Lipinski definition) is 5. The van der Waals surface area contributed by atoms with Crippen LogP contribution in [0.25, 0.3) is 0 Å². The van der Waals surface area contributed by atoms with Crippen molar-refractivity contribution in [1.82, 2.24) is 4.57 Å². The number of esters is 1. The Morgan fingerprint density at radius 1 is 1.04 bits per heavy atom. The molecule has 6 heteroatoms. The van der Waals surface area contributed by atoms with E-state index in [1.54, 1.807) is 24.3 Å². The van der Waals surface area contributed by atoms with Crippen LogP contribution in [0.5, 0.6) is 11.5 Å². The number of aryl methyl sites for hydroxylation is 1. The highest BCUT2D eigenvalue weighted by atomic mass is 16.5. The van der Waals surface area contributed by atoms with Gasteiger partial charge < -0.3 is 18.8 Å². The Bertz CT molecular complexity index is 791. The van der Waals surface area contributed by atoms with E-state index in [9.17, 15) is 9.59 Å². The predicted octanol–water partition coefficient (Wildman–Crippen LogP) is 3.18. The van der Waals surface area contributed by atoms with Crippen molar-refractivity contribution in [3.63, 3.8) is 0 Å². The summed E-state index contributed by atoms with van der Waals surface area (Å²) < 4.78 is 17.5. The van der Waals surface area contributed by atoms with E-state index >= 15 is 0 Å². The number of aromatic nitrogens is 1. The van der Waals surface area contributed by atoms with Crippen LogP contribution in [0.15, 0.2) is 24.3 Å². The molecular weight excluding hydrogens is 322 g/mol. The molecular formula is C19H23NO5. The van der Waals surface area contributed by atoms with Gasteiger partial charge in [-0.25, -0.2) is 4.79 Å². The van der Waals surface area contributed by atoms with Gasteiger partial charge in [0, 0.05) is 23.5 Å². The first-order valence-electron chi connectivity index (χ1n) is 8.02. The van der Waals surface area contributed by atoms with Crippen LogP contribution in [0.1, 0.15) is 39.0 Å². The monoisotopic (exact) mass is 345 g/mol. The van der Waals surface area contributed by atoms with E-state index in [4.69, 9.17) is 14.2 Å². The zero-order chi connectivity index (χ0) is 18.6. The quantitative estimate of drug-likeness (QED) is 0.569. The number of Topliss-reactive ketones (excluding diaryl/α,β-unsaturated/α-hetero) is 1. The molecule has 0 saturated heterocycles. The lowest BCUT2D eigenvalue weighted by Crippen LogP contribution is -2.15. The Kier molecular flexibility index (Phi) is 5.85. The maximum atomic E-state index is 12.3. The third kappa shape index (κ3) is 3.84. The second-order valence-electron chi connectivity index (χ2n) is 5.60. The van der Waals surface area contributed by atoms with Crippen molar-refractivity contribution in [3.8, 4) is 11.5 Å². The highest BCUT2D eigenvalue weighted by Gasteiger charge is 2.18. The molecule has 0 aliphatic rings. The molecule has 1 aromatic heterocycles. The summed E-state index contributed by atoms with van der Waals surface area (Å²) in [5.41, 5.74) is 2.70. The van der Waals surface area contributed by atoms with Gasteiger partial charge in [-0.15, -0.1) is 0 Å². The fraction of sp³-hybridized carbons (Fsp3) is 0.368. The summed E-state index contributed by atoms with van der Waals surface area (Å²) in [5.74, 6) is 0.175. The molecule has 1 aromatic carbocycles. The molecule has 2 aromatic rings. The van der Waals surface area contributed by atoms with Gasteiger partial charge >= 0.3 is 5.97 Å². The van der Waals surface area contributed by atoms with Gasteiger partial charge in [0.1, 0.15) is 0 Å². The molecule has 0 fully saturated rings. The lowest BCUT2D eigenvalue weighted by atomic mass is 10.1. The summed E-state index contributed by atoms with van der Waals surface area (Å²) in [5, 5.41) is 0. The van der Waals surface area contributed by atoms with E-state index in [2.05, 4.69) is 0 Å². The fourth-order valence-electron chi connectivity index (χ4n) is 2.80. The molecule has 0 atom stereocenters. The zero-order valence-corrected chi connectivity index (χ0v) is 15.2. The highest BCUT2D eigenvalue weighted by molar-refractivity contribution is 6.00. The summed E-state index contributed by atoms with van der Waals surface area (Å²) in [7, 11) is 3.02. The van der Waals surface area contributed by atoms with Crippen LogP contribution in [0.4, 0.5) is 0 Å². The molecule has 134 valence electrons. The van der Waals surface area contributed by atoms with E-state index in [0.29, 0.717) is 22.6 Å². The number of rotatable bonds is 7. The number of benzene rings is 1. The molecule has 0 spiro atoms. The van der Waals surface area contributed by atoms with Crippen LogP contribution >= 0.6 is 0 Å². The smallest absolute Gasteiger partial charge is 0.340 e. The van der Waals surface area contributed by atoms with E-state index in [-0.39, 0.29) is 12.4 Å². The van der Waals surface area contributed by atoms with Gasteiger partial charge in [-0.05, 0) is 45.0 Å². The minimum Gasteiger partial charge on any atom is -0.493 e. The van der Waals surface area contributed by atoms with E-state index in [0.717, 1.165) is 17.9 Å². The standard InChI is InChI=1S/C19H23NO5/c1-6-20-12(2)9-15(13(20)3)19(22)25-11-16(21)14-7-8-17(23-4)18(10-14)24-5/h7-10H,6,11H2,1-5H3. The van der Waals surface area contributed by atoms with E-state index in [1.165, 1.54) is 14.2 Å². The SMILES string of the molecule is CCn1c(C)cc(C(=O)OCC(=O)c2ccc(OC)c(OC)c2)c1C. The Morgan fingerprint density at radius 3 is 2.28 bits per heavy atom. The number of methoxy groups -OCH3 is 2. The summed E-state index contributed by atoms with van der Waals surface area (Å²) >= 11 is 0. The molecule has 1 heterocycles. The third-order valence-corrected chi connectivity index (χ3v) is 4.15. The lowest BCUT2D eigenvalue weighted by molar-refractivity contribution is 0.0474. The molecule has 2 rings (SSSR count). The zero-order valence-electron chi connectivity index (χ0n) is 15.2. The van der Waals surface area contributed by atoms with Crippen molar-refractivity contribution in [1.29, 1.82) is 0 Å². The number of ether oxygens (including phenoxy) is 3. The molecule has 0 radical (unpaired) electrons. The second-order valence-corrected chi connectivity index (χ2v) is 5.60. The van der Waals surface area contributed by atoms with Crippen molar-refractivity contribution in [3.05, 3.63) is 46.8 Å². The predicted molar refractivity (Wildman–Crippen MR) is 93.7 cm³/mol. The van der Waals surface area contributed by atoms with Crippen molar-refractivity contribution in [2.45, 2.75) is 27.3 Å². The lowest BCUT2D eigenvalue weighted by Gasteiger charge is -2.09. The van der Waals surface area contributed by atoms with Crippen LogP contribution < -0.4 is 9.47 Å². The number of carbonyl (C=O) groups is 2. The van der Waals surface area contributed by atoms with E-state index < -0.39 is 5.97 Å². The largest absolute Gasteiger partial charge is 0.493 e.